The molecule has 1 aliphatic carbocycles. The van der Waals surface area contributed by atoms with Crippen LogP contribution in [0.4, 0.5) is 0 Å². The highest BCUT2D eigenvalue weighted by Crippen LogP contribution is 2.24. The zero-order chi connectivity index (χ0) is 12.1. The van der Waals surface area contributed by atoms with Crippen molar-refractivity contribution in [1.29, 1.82) is 0 Å². The van der Waals surface area contributed by atoms with E-state index in [1.54, 1.807) is 0 Å². The van der Waals surface area contributed by atoms with Gasteiger partial charge in [0.2, 0.25) is 0 Å². The lowest BCUT2D eigenvalue weighted by molar-refractivity contribution is 0.0243. The Hall–Kier alpha value is 0.270. The lowest BCUT2D eigenvalue weighted by atomic mass is 9.90. The summed E-state index contributed by atoms with van der Waals surface area (Å²) >= 11 is 4.43. The molecule has 2 nitrogen and oxygen atoms in total. The Morgan fingerprint density at radius 2 is 1.94 bits per heavy atom. The fourth-order valence-corrected chi connectivity index (χ4v) is 3.13. The van der Waals surface area contributed by atoms with Gasteiger partial charge < -0.3 is 10.0 Å². The minimum atomic E-state index is -0.119. The van der Waals surface area contributed by atoms with Crippen molar-refractivity contribution < 1.29 is 5.11 Å². The topological polar surface area (TPSA) is 23.5 Å². The summed E-state index contributed by atoms with van der Waals surface area (Å²) in [6.45, 7) is 5.57. The molecule has 1 fully saturated rings. The first kappa shape index (κ1) is 14.3. The van der Waals surface area contributed by atoms with Crippen LogP contribution in [0, 0.1) is 11.8 Å². The van der Waals surface area contributed by atoms with Crippen molar-refractivity contribution in [3.8, 4) is 0 Å². The molecule has 0 aliphatic heterocycles. The number of nitrogens with zero attached hydrogens (tertiary/aromatic N) is 1. The SMILES string of the molecule is CC(C)C(CS)CN(C)C1CCCCC1O. The maximum atomic E-state index is 10.0. The van der Waals surface area contributed by atoms with E-state index < -0.39 is 0 Å². The molecule has 0 amide bonds. The van der Waals surface area contributed by atoms with E-state index in [0.29, 0.717) is 17.9 Å². The smallest absolute Gasteiger partial charge is 0.0695 e. The van der Waals surface area contributed by atoms with Crippen LogP contribution in [0.25, 0.3) is 0 Å². The summed E-state index contributed by atoms with van der Waals surface area (Å²) in [7, 11) is 2.15. The van der Waals surface area contributed by atoms with Crippen LogP contribution in [0.15, 0.2) is 0 Å². The molecule has 0 aromatic carbocycles. The fraction of sp³-hybridized carbons (Fsp3) is 1.00. The summed E-state index contributed by atoms with van der Waals surface area (Å²) in [5.41, 5.74) is 0. The molecule has 0 radical (unpaired) electrons. The van der Waals surface area contributed by atoms with Crippen LogP contribution in [0.5, 0.6) is 0 Å². The fourth-order valence-electron chi connectivity index (χ4n) is 2.59. The van der Waals surface area contributed by atoms with Crippen molar-refractivity contribution in [2.24, 2.45) is 11.8 Å². The van der Waals surface area contributed by atoms with Crippen molar-refractivity contribution in [3.63, 3.8) is 0 Å². The van der Waals surface area contributed by atoms with E-state index >= 15 is 0 Å². The second-order valence-corrected chi connectivity index (χ2v) is 5.91. The van der Waals surface area contributed by atoms with Gasteiger partial charge in [0.05, 0.1) is 6.10 Å². The number of likely N-dealkylation sites (N-methyl/N-ethyl adjacent to an activating group) is 1. The minimum Gasteiger partial charge on any atom is -0.391 e. The second kappa shape index (κ2) is 6.87. The molecule has 0 aromatic heterocycles. The average Bonchev–Trinajstić information content (AvgIpc) is 2.25. The first-order chi connectivity index (χ1) is 7.56. The summed E-state index contributed by atoms with van der Waals surface area (Å²) in [5.74, 6) is 2.23. The van der Waals surface area contributed by atoms with Crippen LogP contribution in [0.1, 0.15) is 39.5 Å². The highest BCUT2D eigenvalue weighted by molar-refractivity contribution is 7.80. The summed E-state index contributed by atoms with van der Waals surface area (Å²) in [5, 5.41) is 10.0. The zero-order valence-corrected chi connectivity index (χ0v) is 11.8. The highest BCUT2D eigenvalue weighted by atomic mass is 32.1. The molecule has 3 atom stereocenters. The van der Waals surface area contributed by atoms with Gasteiger partial charge in [-0.25, -0.2) is 0 Å². The van der Waals surface area contributed by atoms with Crippen molar-refractivity contribution in [2.75, 3.05) is 19.3 Å². The van der Waals surface area contributed by atoms with Crippen LogP contribution in [0.2, 0.25) is 0 Å². The Morgan fingerprint density at radius 3 is 2.44 bits per heavy atom. The molecule has 1 N–H and O–H groups in total. The number of thiol groups is 1. The Kier molecular flexibility index (Phi) is 6.16. The van der Waals surface area contributed by atoms with Crippen LogP contribution in [-0.4, -0.2) is 41.5 Å². The summed E-state index contributed by atoms with van der Waals surface area (Å²) in [4.78, 5) is 2.35. The lowest BCUT2D eigenvalue weighted by Gasteiger charge is -2.37. The molecule has 0 saturated heterocycles. The van der Waals surface area contributed by atoms with E-state index in [1.165, 1.54) is 12.8 Å². The Balaban J connectivity index is 2.46. The third-order valence-electron chi connectivity index (χ3n) is 3.96. The third kappa shape index (κ3) is 3.94. The van der Waals surface area contributed by atoms with Gasteiger partial charge >= 0.3 is 0 Å². The monoisotopic (exact) mass is 245 g/mol. The Bertz CT molecular complexity index is 198. The zero-order valence-electron chi connectivity index (χ0n) is 10.9. The molecule has 0 aromatic rings. The molecule has 0 spiro atoms. The van der Waals surface area contributed by atoms with Gasteiger partial charge in [0.15, 0.2) is 0 Å². The van der Waals surface area contributed by atoms with E-state index in [0.717, 1.165) is 25.1 Å². The molecular formula is C13H27NOS. The quantitative estimate of drug-likeness (QED) is 0.727. The number of aliphatic hydroxyl groups is 1. The third-order valence-corrected chi connectivity index (χ3v) is 4.43. The van der Waals surface area contributed by atoms with Gasteiger partial charge in [-0.15, -0.1) is 0 Å². The summed E-state index contributed by atoms with van der Waals surface area (Å²) < 4.78 is 0. The van der Waals surface area contributed by atoms with E-state index in [-0.39, 0.29) is 6.10 Å². The predicted molar refractivity (Wildman–Crippen MR) is 73.1 cm³/mol. The molecule has 0 heterocycles. The second-order valence-electron chi connectivity index (χ2n) is 5.55. The molecule has 1 aliphatic rings. The van der Waals surface area contributed by atoms with Gasteiger partial charge in [-0.2, -0.15) is 12.6 Å². The molecule has 16 heavy (non-hydrogen) atoms. The van der Waals surface area contributed by atoms with Crippen molar-refractivity contribution in [3.05, 3.63) is 0 Å². The van der Waals surface area contributed by atoms with Gasteiger partial charge in [-0.3, -0.25) is 0 Å². The van der Waals surface area contributed by atoms with E-state index in [9.17, 15) is 5.11 Å². The molecule has 3 heteroatoms. The van der Waals surface area contributed by atoms with Crippen molar-refractivity contribution in [2.45, 2.75) is 51.7 Å². The van der Waals surface area contributed by atoms with Gasteiger partial charge in [-0.1, -0.05) is 26.7 Å². The first-order valence-electron chi connectivity index (χ1n) is 6.55. The Labute approximate surface area is 106 Å². The molecule has 96 valence electrons. The lowest BCUT2D eigenvalue weighted by Crippen LogP contribution is -2.46. The largest absolute Gasteiger partial charge is 0.391 e. The number of hydrogen-bond donors (Lipinski definition) is 2. The number of aliphatic hydroxyl groups excluding tert-OH is 1. The van der Waals surface area contributed by atoms with E-state index in [2.05, 4.69) is 38.4 Å². The molecule has 1 rings (SSSR count). The summed E-state index contributed by atoms with van der Waals surface area (Å²) in [6.07, 6.45) is 4.45. The van der Waals surface area contributed by atoms with Gasteiger partial charge in [0, 0.05) is 12.6 Å². The van der Waals surface area contributed by atoms with Crippen LogP contribution in [-0.2, 0) is 0 Å². The first-order valence-corrected chi connectivity index (χ1v) is 7.18. The maximum Gasteiger partial charge on any atom is 0.0695 e. The highest BCUT2D eigenvalue weighted by Gasteiger charge is 2.28. The van der Waals surface area contributed by atoms with E-state index in [1.807, 2.05) is 0 Å². The molecule has 1 saturated carbocycles. The normalized spacial score (nSPS) is 28.7. The molecular weight excluding hydrogens is 218 g/mol. The summed E-state index contributed by atoms with van der Waals surface area (Å²) in [6, 6.07) is 0.370. The number of hydrogen-bond acceptors (Lipinski definition) is 3. The number of rotatable bonds is 5. The standard InChI is InChI=1S/C13H27NOS/c1-10(2)11(9-16)8-14(3)12-6-4-5-7-13(12)15/h10-13,15-16H,4-9H2,1-3H3. The van der Waals surface area contributed by atoms with Gasteiger partial charge in [0.25, 0.3) is 0 Å². The van der Waals surface area contributed by atoms with Crippen molar-refractivity contribution in [1.82, 2.24) is 4.90 Å². The predicted octanol–water partition coefficient (Wildman–Crippen LogP) is 2.42. The van der Waals surface area contributed by atoms with Crippen molar-refractivity contribution >= 4 is 12.6 Å². The average molecular weight is 245 g/mol. The van der Waals surface area contributed by atoms with Gasteiger partial charge in [-0.05, 0) is 37.5 Å². The van der Waals surface area contributed by atoms with Crippen LogP contribution >= 0.6 is 12.6 Å². The molecule has 0 bridgehead atoms. The van der Waals surface area contributed by atoms with E-state index in [4.69, 9.17) is 0 Å². The maximum absolute atomic E-state index is 10.0. The van der Waals surface area contributed by atoms with Gasteiger partial charge in [0.1, 0.15) is 0 Å². The van der Waals surface area contributed by atoms with Crippen LogP contribution < -0.4 is 0 Å². The Morgan fingerprint density at radius 1 is 1.31 bits per heavy atom. The minimum absolute atomic E-state index is 0.119. The van der Waals surface area contributed by atoms with Crippen LogP contribution in [0.3, 0.4) is 0 Å². The molecule has 3 unspecified atom stereocenters.